The van der Waals surface area contributed by atoms with Gasteiger partial charge in [-0.25, -0.2) is 9.59 Å². The fourth-order valence-electron chi connectivity index (χ4n) is 1.67. The number of hydrogen-bond donors (Lipinski definition) is 6. The Morgan fingerprint density at radius 2 is 1.54 bits per heavy atom. The Balaban J connectivity index is 2.18. The summed E-state index contributed by atoms with van der Waals surface area (Å²) in [6, 6.07) is 8.50. The number of nitrogens with one attached hydrogen (secondary N) is 3. The second-order valence-electron chi connectivity index (χ2n) is 5.12. The summed E-state index contributed by atoms with van der Waals surface area (Å²) < 4.78 is 4.99. The first-order chi connectivity index (χ1) is 11.5. The molecule has 0 saturated carbocycles. The molecule has 0 saturated heterocycles. The van der Waals surface area contributed by atoms with Crippen molar-refractivity contribution in [2.45, 2.75) is 12.1 Å². The lowest BCUT2D eigenvalue weighted by Crippen LogP contribution is -2.59. The van der Waals surface area contributed by atoms with Crippen LogP contribution in [-0.4, -0.2) is 65.9 Å². The Kier molecular flexibility index (Phi) is 8.55. The molecule has 1 aromatic carbocycles. The van der Waals surface area contributed by atoms with Gasteiger partial charge < -0.3 is 36.0 Å². The number of hydrogen-bond acceptors (Lipinski definition) is 6. The van der Waals surface area contributed by atoms with Crippen LogP contribution in [0.3, 0.4) is 0 Å². The van der Waals surface area contributed by atoms with Crippen molar-refractivity contribution in [3.8, 4) is 0 Å². The number of amides is 3. The lowest BCUT2D eigenvalue weighted by molar-refractivity contribution is 0.0493. The van der Waals surface area contributed by atoms with Crippen LogP contribution >= 0.6 is 0 Å². The highest BCUT2D eigenvalue weighted by Gasteiger charge is 2.29. The van der Waals surface area contributed by atoms with Gasteiger partial charge in [0.2, 0.25) is 0 Å². The maximum absolute atomic E-state index is 11.6. The average molecular weight is 341 g/mol. The monoisotopic (exact) mass is 341 g/mol. The van der Waals surface area contributed by atoms with E-state index in [0.717, 1.165) is 5.56 Å². The van der Waals surface area contributed by atoms with Crippen LogP contribution < -0.4 is 16.0 Å². The largest absolute Gasteiger partial charge is 0.445 e. The average Bonchev–Trinajstić information content (AvgIpc) is 2.62. The summed E-state index contributed by atoms with van der Waals surface area (Å²) in [5, 5.41) is 34.4. The van der Waals surface area contributed by atoms with E-state index < -0.39 is 37.5 Å². The minimum atomic E-state index is -1.49. The van der Waals surface area contributed by atoms with Gasteiger partial charge in [-0.1, -0.05) is 30.3 Å². The van der Waals surface area contributed by atoms with Crippen LogP contribution in [0.15, 0.2) is 30.3 Å². The summed E-state index contributed by atoms with van der Waals surface area (Å²) in [6.45, 7) is -1.46. The molecule has 9 nitrogen and oxygen atoms in total. The van der Waals surface area contributed by atoms with Gasteiger partial charge in [-0.3, -0.25) is 0 Å². The van der Waals surface area contributed by atoms with E-state index in [2.05, 4.69) is 16.0 Å². The zero-order valence-corrected chi connectivity index (χ0v) is 13.2. The third kappa shape index (κ3) is 6.82. The second-order valence-corrected chi connectivity index (χ2v) is 5.12. The maximum atomic E-state index is 11.6. The van der Waals surface area contributed by atoms with Crippen molar-refractivity contribution in [2.75, 3.05) is 32.9 Å². The summed E-state index contributed by atoms with van der Waals surface area (Å²) in [4.78, 5) is 23.1. The fourth-order valence-corrected chi connectivity index (χ4v) is 1.67. The van der Waals surface area contributed by atoms with Gasteiger partial charge in [0.1, 0.15) is 12.1 Å². The summed E-state index contributed by atoms with van der Waals surface area (Å²) >= 11 is 0. The van der Waals surface area contributed by atoms with Crippen molar-refractivity contribution >= 4 is 12.1 Å². The van der Waals surface area contributed by atoms with Gasteiger partial charge in [0.25, 0.3) is 0 Å². The van der Waals surface area contributed by atoms with Crippen molar-refractivity contribution in [3.63, 3.8) is 0 Å². The number of benzene rings is 1. The number of aliphatic hydroxyl groups excluding tert-OH is 3. The summed E-state index contributed by atoms with van der Waals surface area (Å²) in [6.07, 6.45) is -0.614. The fraction of sp³-hybridized carbons (Fsp3) is 0.467. The molecule has 0 unspecified atom stereocenters. The number of aliphatic hydroxyl groups is 3. The maximum Gasteiger partial charge on any atom is 0.407 e. The molecule has 24 heavy (non-hydrogen) atoms. The van der Waals surface area contributed by atoms with E-state index in [1.54, 1.807) is 0 Å². The zero-order valence-electron chi connectivity index (χ0n) is 13.2. The van der Waals surface area contributed by atoms with E-state index >= 15 is 0 Å². The van der Waals surface area contributed by atoms with E-state index in [1.807, 2.05) is 30.3 Å². The number of carbonyl (C=O) groups is 2. The van der Waals surface area contributed by atoms with Gasteiger partial charge >= 0.3 is 12.1 Å². The SMILES string of the molecule is O=C(NCCNC(=O)OCc1ccccc1)NC(CO)(CO)CO. The van der Waals surface area contributed by atoms with Crippen molar-refractivity contribution in [2.24, 2.45) is 0 Å². The van der Waals surface area contributed by atoms with E-state index in [9.17, 15) is 9.59 Å². The predicted octanol–water partition coefficient (Wildman–Crippen LogP) is -1.07. The molecule has 0 fully saturated rings. The molecule has 0 spiro atoms. The standard InChI is InChI=1S/C15H23N3O6/c19-9-15(10-20,11-21)18-13(22)16-6-7-17-14(23)24-8-12-4-2-1-3-5-12/h1-5,19-21H,6-11H2,(H,17,23)(H2,16,18,22). The number of rotatable bonds is 9. The van der Waals surface area contributed by atoms with Crippen LogP contribution in [0.1, 0.15) is 5.56 Å². The minimum absolute atomic E-state index is 0.102. The van der Waals surface area contributed by atoms with Gasteiger partial charge in [-0.2, -0.15) is 0 Å². The lowest BCUT2D eigenvalue weighted by Gasteiger charge is -2.28. The summed E-state index contributed by atoms with van der Waals surface area (Å²) in [5.41, 5.74) is -0.634. The first-order valence-corrected chi connectivity index (χ1v) is 7.38. The highest BCUT2D eigenvalue weighted by molar-refractivity contribution is 5.75. The molecule has 134 valence electrons. The molecule has 0 aliphatic rings. The van der Waals surface area contributed by atoms with Crippen molar-refractivity contribution < 1.29 is 29.6 Å². The molecule has 0 bridgehead atoms. The molecule has 6 N–H and O–H groups in total. The van der Waals surface area contributed by atoms with Crippen LogP contribution in [0, 0.1) is 0 Å². The normalized spacial score (nSPS) is 10.8. The highest BCUT2D eigenvalue weighted by Crippen LogP contribution is 2.01. The summed E-state index contributed by atoms with van der Waals surface area (Å²) in [7, 11) is 0. The van der Waals surface area contributed by atoms with Crippen molar-refractivity contribution in [3.05, 3.63) is 35.9 Å². The minimum Gasteiger partial charge on any atom is -0.445 e. The first-order valence-electron chi connectivity index (χ1n) is 7.38. The van der Waals surface area contributed by atoms with Crippen LogP contribution in [0.5, 0.6) is 0 Å². The number of ether oxygens (including phenoxy) is 1. The van der Waals surface area contributed by atoms with Crippen LogP contribution in [-0.2, 0) is 11.3 Å². The number of carbonyl (C=O) groups excluding carboxylic acids is 2. The highest BCUT2D eigenvalue weighted by atomic mass is 16.5. The van der Waals surface area contributed by atoms with E-state index in [1.165, 1.54) is 0 Å². The van der Waals surface area contributed by atoms with Gasteiger partial charge in [0.05, 0.1) is 19.8 Å². The van der Waals surface area contributed by atoms with Crippen LogP contribution in [0.2, 0.25) is 0 Å². The second kappa shape index (κ2) is 10.4. The summed E-state index contributed by atoms with van der Waals surface area (Å²) in [5.74, 6) is 0. The zero-order chi connectivity index (χ0) is 17.8. The van der Waals surface area contributed by atoms with E-state index in [0.29, 0.717) is 0 Å². The Morgan fingerprint density at radius 3 is 2.12 bits per heavy atom. The molecule has 0 aliphatic carbocycles. The topological polar surface area (TPSA) is 140 Å². The quantitative estimate of drug-likeness (QED) is 0.316. The molecule has 0 aliphatic heterocycles. The third-order valence-electron chi connectivity index (χ3n) is 3.18. The van der Waals surface area contributed by atoms with Gasteiger partial charge in [-0.05, 0) is 5.56 Å². The molecule has 3 amide bonds. The van der Waals surface area contributed by atoms with Crippen LogP contribution in [0.25, 0.3) is 0 Å². The van der Waals surface area contributed by atoms with Crippen molar-refractivity contribution in [1.82, 2.24) is 16.0 Å². The molecule has 0 heterocycles. The molecular weight excluding hydrogens is 318 g/mol. The van der Waals surface area contributed by atoms with Crippen LogP contribution in [0.4, 0.5) is 9.59 Å². The molecule has 0 radical (unpaired) electrons. The third-order valence-corrected chi connectivity index (χ3v) is 3.18. The van der Waals surface area contributed by atoms with Gasteiger partial charge in [0, 0.05) is 13.1 Å². The Hall–Kier alpha value is -2.36. The molecule has 0 aromatic heterocycles. The molecule has 9 heteroatoms. The molecule has 1 rings (SSSR count). The number of alkyl carbamates (subject to hydrolysis) is 1. The van der Waals surface area contributed by atoms with E-state index in [4.69, 9.17) is 20.1 Å². The van der Waals surface area contributed by atoms with Crippen molar-refractivity contribution in [1.29, 1.82) is 0 Å². The Labute approximate surface area is 139 Å². The smallest absolute Gasteiger partial charge is 0.407 e. The molecular formula is C15H23N3O6. The molecule has 1 aromatic rings. The lowest BCUT2D eigenvalue weighted by atomic mass is 10.0. The van der Waals surface area contributed by atoms with Gasteiger partial charge in [-0.15, -0.1) is 0 Å². The van der Waals surface area contributed by atoms with E-state index in [-0.39, 0.29) is 19.7 Å². The first kappa shape index (κ1) is 19.7. The Bertz CT molecular complexity index is 499. The van der Waals surface area contributed by atoms with Gasteiger partial charge in [0.15, 0.2) is 0 Å². The predicted molar refractivity (Wildman–Crippen MR) is 85.2 cm³/mol. The molecule has 0 atom stereocenters. The Morgan fingerprint density at radius 1 is 0.958 bits per heavy atom. The number of urea groups is 1.